The van der Waals surface area contributed by atoms with Gasteiger partial charge in [0.1, 0.15) is 5.82 Å². The molecular weight excluding hydrogens is 314 g/mol. The lowest BCUT2D eigenvalue weighted by atomic mass is 10.0. The molecule has 0 spiro atoms. The van der Waals surface area contributed by atoms with Gasteiger partial charge >= 0.3 is 0 Å². The van der Waals surface area contributed by atoms with Gasteiger partial charge in [-0.25, -0.2) is 4.98 Å². The molecule has 0 bridgehead atoms. The zero-order valence-electron chi connectivity index (χ0n) is 14.6. The summed E-state index contributed by atoms with van der Waals surface area (Å²) in [6.45, 7) is 3.70. The van der Waals surface area contributed by atoms with E-state index >= 15 is 0 Å². The van der Waals surface area contributed by atoms with Crippen LogP contribution in [0, 0.1) is 0 Å². The Balaban J connectivity index is 1.65. The lowest BCUT2D eigenvalue weighted by Gasteiger charge is -2.23. The van der Waals surface area contributed by atoms with Crippen molar-refractivity contribution in [3.63, 3.8) is 0 Å². The lowest BCUT2D eigenvalue weighted by molar-refractivity contribution is 0.0852. The summed E-state index contributed by atoms with van der Waals surface area (Å²) in [6, 6.07) is 13.0. The van der Waals surface area contributed by atoms with E-state index in [1.54, 1.807) is 18.3 Å². The monoisotopic (exact) mass is 339 g/mol. The molecule has 25 heavy (non-hydrogen) atoms. The van der Waals surface area contributed by atoms with Gasteiger partial charge in [-0.05, 0) is 37.5 Å². The molecule has 5 nitrogen and oxygen atoms in total. The smallest absolute Gasteiger partial charge is 0.255 e. The molecule has 1 amide bonds. The number of aromatic nitrogens is 1. The highest BCUT2D eigenvalue weighted by atomic mass is 16.3. The summed E-state index contributed by atoms with van der Waals surface area (Å²) in [6.07, 6.45) is 3.85. The molecule has 3 rings (SSSR count). The number of nitrogens with zero attached hydrogens (tertiary/aromatic N) is 2. The normalized spacial score (nSPS) is 16.5. The summed E-state index contributed by atoms with van der Waals surface area (Å²) in [5.74, 6) is 0.553. The largest absolute Gasteiger partial charge is 0.391 e. The fourth-order valence-electron chi connectivity index (χ4n) is 3.17. The van der Waals surface area contributed by atoms with Crippen molar-refractivity contribution in [2.45, 2.75) is 38.3 Å². The van der Waals surface area contributed by atoms with Crippen LogP contribution in [0.15, 0.2) is 48.7 Å². The Morgan fingerprint density at radius 2 is 1.92 bits per heavy atom. The SMILES string of the molecule is CC(NC(=O)c1cccnc1N1CCCC1)C(O)Cc1ccccc1. The maximum absolute atomic E-state index is 12.7. The third-order valence-electron chi connectivity index (χ3n) is 4.66. The molecule has 1 fully saturated rings. The second-order valence-electron chi connectivity index (χ2n) is 6.59. The molecule has 2 aromatic rings. The summed E-state index contributed by atoms with van der Waals surface area (Å²) in [4.78, 5) is 19.3. The fraction of sp³-hybridized carbons (Fsp3) is 0.400. The average molecular weight is 339 g/mol. The second-order valence-corrected chi connectivity index (χ2v) is 6.59. The van der Waals surface area contributed by atoms with E-state index in [0.717, 1.165) is 37.3 Å². The molecule has 1 aliphatic heterocycles. The number of anilines is 1. The number of carbonyl (C=O) groups is 1. The predicted octanol–water partition coefficient (Wildman–Crippen LogP) is 2.40. The van der Waals surface area contributed by atoms with Crippen LogP contribution in [0.5, 0.6) is 0 Å². The van der Waals surface area contributed by atoms with E-state index in [2.05, 4.69) is 15.2 Å². The molecule has 2 unspecified atom stereocenters. The van der Waals surface area contributed by atoms with Gasteiger partial charge in [-0.2, -0.15) is 0 Å². The molecular formula is C20H25N3O2. The highest BCUT2D eigenvalue weighted by Crippen LogP contribution is 2.22. The maximum Gasteiger partial charge on any atom is 0.255 e. The summed E-state index contributed by atoms with van der Waals surface area (Å²) in [5, 5.41) is 13.3. The quantitative estimate of drug-likeness (QED) is 0.848. The van der Waals surface area contributed by atoms with Crippen molar-refractivity contribution in [1.29, 1.82) is 0 Å². The van der Waals surface area contributed by atoms with Gasteiger partial charge in [0.25, 0.3) is 5.91 Å². The number of amides is 1. The molecule has 1 aliphatic rings. The minimum absolute atomic E-state index is 0.186. The Kier molecular flexibility index (Phi) is 5.66. The molecule has 0 radical (unpaired) electrons. The maximum atomic E-state index is 12.7. The zero-order valence-corrected chi connectivity index (χ0v) is 14.6. The number of aliphatic hydroxyl groups excluding tert-OH is 1. The van der Waals surface area contributed by atoms with Crippen molar-refractivity contribution in [2.75, 3.05) is 18.0 Å². The van der Waals surface area contributed by atoms with Crippen LogP contribution in [0.3, 0.4) is 0 Å². The van der Waals surface area contributed by atoms with E-state index in [1.807, 2.05) is 37.3 Å². The van der Waals surface area contributed by atoms with Gasteiger partial charge in [-0.1, -0.05) is 30.3 Å². The first kappa shape index (κ1) is 17.4. The van der Waals surface area contributed by atoms with Gasteiger partial charge in [0.05, 0.1) is 17.7 Å². The fourth-order valence-corrected chi connectivity index (χ4v) is 3.17. The Morgan fingerprint density at radius 3 is 2.64 bits per heavy atom. The molecule has 2 N–H and O–H groups in total. The van der Waals surface area contributed by atoms with Crippen LogP contribution in [0.25, 0.3) is 0 Å². The molecule has 0 aliphatic carbocycles. The van der Waals surface area contributed by atoms with E-state index in [1.165, 1.54) is 0 Å². The molecule has 5 heteroatoms. The van der Waals surface area contributed by atoms with Crippen molar-refractivity contribution in [3.05, 3.63) is 59.8 Å². The van der Waals surface area contributed by atoms with E-state index < -0.39 is 6.10 Å². The van der Waals surface area contributed by atoms with Gasteiger partial charge in [0, 0.05) is 25.7 Å². The molecule has 0 saturated carbocycles. The first-order chi connectivity index (χ1) is 12.1. The Morgan fingerprint density at radius 1 is 1.20 bits per heavy atom. The zero-order chi connectivity index (χ0) is 17.6. The topological polar surface area (TPSA) is 65.5 Å². The van der Waals surface area contributed by atoms with E-state index in [-0.39, 0.29) is 11.9 Å². The first-order valence-corrected chi connectivity index (χ1v) is 8.88. The highest BCUT2D eigenvalue weighted by Gasteiger charge is 2.23. The number of aliphatic hydroxyl groups is 1. The third-order valence-corrected chi connectivity index (χ3v) is 4.66. The summed E-state index contributed by atoms with van der Waals surface area (Å²) in [7, 11) is 0. The number of benzene rings is 1. The summed E-state index contributed by atoms with van der Waals surface area (Å²) in [5.41, 5.74) is 1.62. The first-order valence-electron chi connectivity index (χ1n) is 8.88. The molecule has 1 aromatic heterocycles. The summed E-state index contributed by atoms with van der Waals surface area (Å²) >= 11 is 0. The van der Waals surface area contributed by atoms with Crippen LogP contribution < -0.4 is 10.2 Å². The minimum atomic E-state index is -0.641. The van der Waals surface area contributed by atoms with Crippen LogP contribution >= 0.6 is 0 Å². The molecule has 2 atom stereocenters. The summed E-state index contributed by atoms with van der Waals surface area (Å²) < 4.78 is 0. The number of hydrogen-bond donors (Lipinski definition) is 2. The van der Waals surface area contributed by atoms with Crippen molar-refractivity contribution < 1.29 is 9.90 Å². The number of pyridine rings is 1. The molecule has 1 aromatic carbocycles. The third kappa shape index (κ3) is 4.37. The highest BCUT2D eigenvalue weighted by molar-refractivity contribution is 5.99. The predicted molar refractivity (Wildman–Crippen MR) is 98.8 cm³/mol. The van der Waals surface area contributed by atoms with Gasteiger partial charge in [0.15, 0.2) is 0 Å². The van der Waals surface area contributed by atoms with Gasteiger partial charge in [-0.15, -0.1) is 0 Å². The Labute approximate surface area is 148 Å². The van der Waals surface area contributed by atoms with Crippen LogP contribution in [0.4, 0.5) is 5.82 Å². The molecule has 132 valence electrons. The van der Waals surface area contributed by atoms with Crippen molar-refractivity contribution in [2.24, 2.45) is 0 Å². The van der Waals surface area contributed by atoms with Crippen LogP contribution in [-0.2, 0) is 6.42 Å². The van der Waals surface area contributed by atoms with Crippen LogP contribution in [0.2, 0.25) is 0 Å². The van der Waals surface area contributed by atoms with Crippen LogP contribution in [0.1, 0.15) is 35.7 Å². The van der Waals surface area contributed by atoms with Gasteiger partial charge in [0.2, 0.25) is 0 Å². The van der Waals surface area contributed by atoms with E-state index in [4.69, 9.17) is 0 Å². The van der Waals surface area contributed by atoms with Crippen molar-refractivity contribution in [1.82, 2.24) is 10.3 Å². The second kappa shape index (κ2) is 8.12. The number of nitrogens with one attached hydrogen (secondary N) is 1. The number of carbonyl (C=O) groups excluding carboxylic acids is 1. The van der Waals surface area contributed by atoms with Crippen molar-refractivity contribution >= 4 is 11.7 Å². The molecule has 2 heterocycles. The Hall–Kier alpha value is -2.40. The van der Waals surface area contributed by atoms with E-state index in [0.29, 0.717) is 12.0 Å². The molecule has 1 saturated heterocycles. The van der Waals surface area contributed by atoms with Gasteiger partial charge < -0.3 is 15.3 Å². The number of rotatable bonds is 6. The van der Waals surface area contributed by atoms with Crippen molar-refractivity contribution in [3.8, 4) is 0 Å². The van der Waals surface area contributed by atoms with Crippen LogP contribution in [-0.4, -0.2) is 41.2 Å². The lowest BCUT2D eigenvalue weighted by Crippen LogP contribution is -2.42. The number of hydrogen-bond acceptors (Lipinski definition) is 4. The minimum Gasteiger partial charge on any atom is -0.391 e. The average Bonchev–Trinajstić information content (AvgIpc) is 3.17. The standard InChI is InChI=1S/C20H25N3O2/c1-15(18(24)14-16-8-3-2-4-9-16)22-20(25)17-10-7-11-21-19(17)23-12-5-6-13-23/h2-4,7-11,15,18,24H,5-6,12-14H2,1H3,(H,22,25). The van der Waals surface area contributed by atoms with E-state index in [9.17, 15) is 9.90 Å². The van der Waals surface area contributed by atoms with Gasteiger partial charge in [-0.3, -0.25) is 4.79 Å². The Bertz CT molecular complexity index is 699.